The molecule has 15 rings (SSSR count). The van der Waals surface area contributed by atoms with Crippen LogP contribution in [0.2, 0.25) is 0 Å². The molecule has 7 saturated heterocycles. The summed E-state index contributed by atoms with van der Waals surface area (Å²) in [6.45, 7) is 54.9. The number of hydrogen-bond acceptors (Lipinski definition) is 23. The Kier molecular flexibility index (Phi) is 45.2. The minimum Gasteiger partial charge on any atom is -0.444 e. The number of anilines is 7. The highest BCUT2D eigenvalue weighted by Gasteiger charge is 2.39. The number of fused-ring (bicyclic) bond motifs is 2. The normalized spacial score (nSPS) is 18.3. The van der Waals surface area contributed by atoms with Crippen LogP contribution in [0, 0.1) is 0 Å². The zero-order valence-corrected chi connectivity index (χ0v) is 93.1. The van der Waals surface area contributed by atoms with E-state index in [0.29, 0.717) is 129 Å². The van der Waals surface area contributed by atoms with E-state index in [9.17, 15) is 50.4 Å². The standard InChI is InChI=1S/C22H32N4O3.C21H34N4O3.C20H30N4O3.C16H26N4O.C16H27N3O2S.C15H25N3O2S/c1-22(2,3)25-8-6-18(7-9-25)26-15-17-5-4-16(14-19(17)23-21(26)28)20(27)24-10-12-29-13-11-24;1-15(2)24-12-10-17(11-13-24)25(20(27)28-21(3,4)5)14-16-8-6-7-9-18(16)23-19(22)26;1-20(2,3)23-9-6-16(7-10-23)24-13-15-5-4-14(18(26)21-8-11-25)12-17(15)22-19(24)27;1-12(2)20-9-7-14(8-10-20)18-11-13-5-3-4-6-15(13)19-16(17)21;1-13(2)19-10-8-15(9-11-19)17-12-14-6-4-5-7-16(14)18-22(3,20)21;1-12(2)18-10-8-13(9-11-18)16-14-6-4-5-7-15(14)17-21(3,19)20/h4-5,14,18H,6-13,15H2,1-3H3,(H,23,28);6-9,15,17H,10-14H2,1-5H3,(H3,22,23,26);4-5,12,16,25H,6-11,13H2,1-3H3,(H,21,26)(H,22,27);3-6,12,14,18H,7-11H2,1-2H3,(H3,17,19,21);4-7,13,15,17-18H,8-12H2,1-3H3;4-7,12-13,16-17H,8-11H2,1-3H3. The molecule has 820 valence electrons. The number of nitrogens with zero attached hydrogens (tertiary/aromatic N) is 10. The first-order chi connectivity index (χ1) is 69.9. The number of para-hydroxylation sites is 5. The van der Waals surface area contributed by atoms with E-state index in [2.05, 4.69) is 178 Å². The Morgan fingerprint density at radius 2 is 0.824 bits per heavy atom. The van der Waals surface area contributed by atoms with E-state index in [1.165, 1.54) is 25.4 Å². The number of nitrogens with two attached hydrogens (primary N) is 2. The van der Waals surface area contributed by atoms with Crippen LogP contribution in [0.3, 0.4) is 0 Å². The minimum atomic E-state index is -3.26. The van der Waals surface area contributed by atoms with Crippen LogP contribution in [0.4, 0.5) is 63.8 Å². The fourth-order valence-corrected chi connectivity index (χ4v) is 21.3. The van der Waals surface area contributed by atoms with Crippen LogP contribution in [0.15, 0.2) is 133 Å². The molecule has 9 aliphatic rings. The second kappa shape index (κ2) is 56.0. The Morgan fingerprint density at radius 1 is 0.459 bits per heavy atom. The van der Waals surface area contributed by atoms with Crippen molar-refractivity contribution < 1.29 is 65.0 Å². The summed E-state index contributed by atoms with van der Waals surface area (Å²) in [4.78, 5) is 108. The fourth-order valence-electron chi connectivity index (χ4n) is 20.1. The van der Waals surface area contributed by atoms with Gasteiger partial charge in [0.15, 0.2) is 0 Å². The maximum absolute atomic E-state index is 13.0. The number of carbonyl (C=O) groups excluding carboxylic acids is 7. The number of rotatable bonds is 27. The van der Waals surface area contributed by atoms with Crippen molar-refractivity contribution in [2.45, 2.75) is 305 Å². The van der Waals surface area contributed by atoms with E-state index in [4.69, 9.17) is 26.0 Å². The van der Waals surface area contributed by atoms with Gasteiger partial charge in [0.05, 0.1) is 55.9 Å². The van der Waals surface area contributed by atoms with E-state index < -0.39 is 37.7 Å². The SMILES string of the molecule is CC(C)(C)N1CCC(N2Cc3ccc(C(=O)N4CCOCC4)cc3NC2=O)CC1.CC(C)(C)N1CCC(N2Cc3ccc(C(=O)NCCO)cc3NC2=O)CC1.CC(C)N1CCC(N(Cc2ccccc2NC(N)=O)C(=O)OC(C)(C)C)CC1.CC(C)N1CCC(NCc2ccccc2NC(N)=O)CC1.CC(C)N1CCC(NCc2ccccc2NS(C)(=O)=O)CC1.CC(C)N1CCC(Nc2ccccc2NS(C)(=O)=O)CC1. The number of carbonyl (C=O) groups is 7. The van der Waals surface area contributed by atoms with Crippen LogP contribution in [0.5, 0.6) is 0 Å². The highest BCUT2D eigenvalue weighted by Crippen LogP contribution is 2.36. The van der Waals surface area contributed by atoms with Gasteiger partial charge in [0.2, 0.25) is 20.0 Å². The van der Waals surface area contributed by atoms with Gasteiger partial charge in [-0.2, -0.15) is 0 Å². The lowest BCUT2D eigenvalue weighted by molar-refractivity contribution is 0.00430. The Bertz CT molecular complexity index is 5490. The minimum absolute atomic E-state index is 0.00216. The van der Waals surface area contributed by atoms with Crippen molar-refractivity contribution >= 4 is 102 Å². The van der Waals surface area contributed by atoms with E-state index in [-0.39, 0.29) is 72.3 Å². The number of primary amides is 2. The molecule has 0 spiro atoms. The highest BCUT2D eigenvalue weighted by molar-refractivity contribution is 7.92. The summed E-state index contributed by atoms with van der Waals surface area (Å²) in [6, 6.07) is 44.3. The van der Waals surface area contributed by atoms with Crippen LogP contribution in [-0.2, 0) is 62.2 Å². The summed E-state index contributed by atoms with van der Waals surface area (Å²) in [5.74, 6) is -0.250. The number of piperidine rings is 6. The van der Waals surface area contributed by atoms with Gasteiger partial charge in [-0.1, -0.05) is 78.9 Å². The molecule has 36 nitrogen and oxygen atoms in total. The largest absolute Gasteiger partial charge is 0.444 e. The molecule has 7 fully saturated rings. The summed E-state index contributed by atoms with van der Waals surface area (Å²) in [6.07, 6.45) is 14.5. The zero-order chi connectivity index (χ0) is 108. The van der Waals surface area contributed by atoms with Crippen LogP contribution in [-0.4, -0.2) is 321 Å². The van der Waals surface area contributed by atoms with Crippen LogP contribution in [0.1, 0.15) is 243 Å². The quantitative estimate of drug-likeness (QED) is 0.0228. The number of nitrogens with one attached hydrogen (secondary N) is 10. The Labute approximate surface area is 881 Å². The molecule has 0 aromatic heterocycles. The van der Waals surface area contributed by atoms with E-state index >= 15 is 0 Å². The molecule has 0 bridgehead atoms. The maximum atomic E-state index is 13.0. The number of aliphatic hydroxyl groups excluding tert-OH is 1. The van der Waals surface area contributed by atoms with Crippen molar-refractivity contribution in [3.05, 3.63) is 172 Å². The van der Waals surface area contributed by atoms with Gasteiger partial charge in [0.25, 0.3) is 11.8 Å². The van der Waals surface area contributed by atoms with Crippen molar-refractivity contribution in [1.29, 1.82) is 0 Å². The average molecular weight is 2090 g/mol. The van der Waals surface area contributed by atoms with Gasteiger partial charge in [-0.15, -0.1) is 0 Å². The first-order valence-corrected chi connectivity index (χ1v) is 57.0. The number of ether oxygens (including phenoxy) is 2. The molecule has 0 radical (unpaired) electrons. The number of hydrogen-bond donors (Lipinski definition) is 13. The van der Waals surface area contributed by atoms with Gasteiger partial charge in [-0.3, -0.25) is 28.8 Å². The van der Waals surface area contributed by atoms with Crippen molar-refractivity contribution in [3.8, 4) is 0 Å². The van der Waals surface area contributed by atoms with E-state index in [1.54, 1.807) is 35.2 Å². The number of amides is 11. The molecule has 11 amide bonds. The summed E-state index contributed by atoms with van der Waals surface area (Å²) < 4.78 is 61.8. The Hall–Kier alpha value is -10.5. The Balaban J connectivity index is 0.000000183. The Morgan fingerprint density at radius 3 is 1.23 bits per heavy atom. The molecule has 0 aliphatic carbocycles. The average Bonchev–Trinajstić information content (AvgIpc) is 0.774. The van der Waals surface area contributed by atoms with E-state index in [0.717, 1.165) is 194 Å². The van der Waals surface area contributed by atoms with Crippen molar-refractivity contribution in [2.75, 3.05) is 167 Å². The van der Waals surface area contributed by atoms with Gasteiger partial charge in [0, 0.05) is 204 Å². The van der Waals surface area contributed by atoms with Crippen molar-refractivity contribution in [3.63, 3.8) is 0 Å². The number of sulfonamides is 2. The van der Waals surface area contributed by atoms with Crippen molar-refractivity contribution in [2.24, 2.45) is 11.5 Å². The highest BCUT2D eigenvalue weighted by atomic mass is 32.2. The lowest BCUT2D eigenvalue weighted by atomic mass is 9.96. The van der Waals surface area contributed by atoms with Gasteiger partial charge in [-0.25, -0.2) is 40.8 Å². The smallest absolute Gasteiger partial charge is 0.410 e. The monoisotopic (exact) mass is 2090 g/mol. The number of likely N-dealkylation sites (tertiary alicyclic amines) is 6. The van der Waals surface area contributed by atoms with E-state index in [1.807, 2.05) is 139 Å². The lowest BCUT2D eigenvalue weighted by Gasteiger charge is -2.44. The molecule has 6 aromatic carbocycles. The second-order valence-corrected chi connectivity index (χ2v) is 47.9. The molecule has 6 aromatic rings. The molecule has 0 atom stereocenters. The molecular weight excluding hydrogens is 1920 g/mol. The number of aliphatic hydroxyl groups is 1. The predicted molar refractivity (Wildman–Crippen MR) is 594 cm³/mol. The molecule has 9 aliphatic heterocycles. The van der Waals surface area contributed by atoms with Crippen molar-refractivity contribution in [1.82, 2.24) is 64.9 Å². The maximum Gasteiger partial charge on any atom is 0.410 e. The fraction of sp³-hybridized carbons (Fsp3) is 0.609. The summed E-state index contributed by atoms with van der Waals surface area (Å²) >= 11 is 0. The van der Waals surface area contributed by atoms with Crippen LogP contribution < -0.4 is 63.4 Å². The lowest BCUT2D eigenvalue weighted by Crippen LogP contribution is -2.53. The molecular formula is C110H174N22O14S2. The third-order valence-corrected chi connectivity index (χ3v) is 30.0. The molecule has 0 unspecified atom stereocenters. The summed E-state index contributed by atoms with van der Waals surface area (Å²) in [5.41, 5.74) is 21.3. The van der Waals surface area contributed by atoms with Crippen LogP contribution >= 0.6 is 0 Å². The third kappa shape index (κ3) is 38.5. The number of benzene rings is 6. The summed E-state index contributed by atoms with van der Waals surface area (Å²) in [7, 11) is -6.50. The zero-order valence-electron chi connectivity index (χ0n) is 91.4. The van der Waals surface area contributed by atoms with Gasteiger partial charge >= 0.3 is 30.2 Å². The molecule has 148 heavy (non-hydrogen) atoms. The predicted octanol–water partition coefficient (Wildman–Crippen LogP) is 15.1. The molecule has 38 heteroatoms. The first kappa shape index (κ1) is 119. The topological polar surface area (TPSA) is 431 Å². The van der Waals surface area contributed by atoms with Gasteiger partial charge in [-0.05, 0) is 303 Å². The molecule has 15 N–H and O–H groups in total. The summed E-state index contributed by atoms with van der Waals surface area (Å²) in [5, 5.41) is 33.4. The van der Waals surface area contributed by atoms with Crippen LogP contribution in [0.25, 0.3) is 0 Å². The van der Waals surface area contributed by atoms with Gasteiger partial charge < -0.3 is 108 Å². The third-order valence-electron chi connectivity index (χ3n) is 28.8. The first-order valence-electron chi connectivity index (χ1n) is 53.2. The second-order valence-electron chi connectivity index (χ2n) is 44.4. The molecule has 9 heterocycles. The number of morpholine rings is 1. The molecule has 0 saturated carbocycles. The van der Waals surface area contributed by atoms with Gasteiger partial charge in [0.1, 0.15) is 5.60 Å². The number of urea groups is 4.